The molecule has 24 heavy (non-hydrogen) atoms. The molecular weight excluding hydrogens is 313 g/mol. The fourth-order valence-electron chi connectivity index (χ4n) is 2.39. The SMILES string of the molecule is COc1ccccc1CNC(=O)c1cc2cc(F)ccc2c(=O)o1. The van der Waals surface area contributed by atoms with Crippen molar-refractivity contribution in [1.82, 2.24) is 5.32 Å². The second-order valence-corrected chi connectivity index (χ2v) is 5.12. The van der Waals surface area contributed by atoms with Crippen molar-refractivity contribution in [2.75, 3.05) is 7.11 Å². The van der Waals surface area contributed by atoms with E-state index in [2.05, 4.69) is 5.32 Å². The summed E-state index contributed by atoms with van der Waals surface area (Å²) in [5, 5.41) is 3.18. The van der Waals surface area contributed by atoms with Gasteiger partial charge in [-0.05, 0) is 35.7 Å². The van der Waals surface area contributed by atoms with Crippen LogP contribution >= 0.6 is 0 Å². The van der Waals surface area contributed by atoms with Crippen LogP contribution in [0.3, 0.4) is 0 Å². The molecule has 0 aliphatic carbocycles. The largest absolute Gasteiger partial charge is 0.496 e. The highest BCUT2D eigenvalue weighted by Crippen LogP contribution is 2.17. The van der Waals surface area contributed by atoms with Crippen molar-refractivity contribution in [1.29, 1.82) is 0 Å². The van der Waals surface area contributed by atoms with E-state index in [4.69, 9.17) is 9.15 Å². The molecule has 0 aliphatic heterocycles. The molecule has 122 valence electrons. The molecule has 1 aromatic heterocycles. The average molecular weight is 327 g/mol. The highest BCUT2D eigenvalue weighted by molar-refractivity contribution is 5.95. The number of methoxy groups -OCH3 is 1. The molecule has 0 spiro atoms. The number of hydrogen-bond donors (Lipinski definition) is 1. The summed E-state index contributed by atoms with van der Waals surface area (Å²) in [4.78, 5) is 24.1. The Kier molecular flexibility index (Phi) is 4.29. The van der Waals surface area contributed by atoms with Crippen molar-refractivity contribution in [3.05, 3.63) is 76.1 Å². The van der Waals surface area contributed by atoms with Gasteiger partial charge in [-0.3, -0.25) is 4.79 Å². The van der Waals surface area contributed by atoms with Crippen LogP contribution in [0.25, 0.3) is 10.8 Å². The fourth-order valence-corrected chi connectivity index (χ4v) is 2.39. The zero-order valence-electron chi connectivity index (χ0n) is 12.8. The molecule has 6 heteroatoms. The molecule has 0 bridgehead atoms. The molecule has 0 saturated carbocycles. The van der Waals surface area contributed by atoms with Crippen LogP contribution in [0.4, 0.5) is 4.39 Å². The van der Waals surface area contributed by atoms with Gasteiger partial charge < -0.3 is 14.5 Å². The zero-order valence-corrected chi connectivity index (χ0v) is 12.8. The van der Waals surface area contributed by atoms with Crippen LogP contribution in [0.1, 0.15) is 16.1 Å². The summed E-state index contributed by atoms with van der Waals surface area (Å²) < 4.78 is 23.5. The van der Waals surface area contributed by atoms with Crippen molar-refractivity contribution in [3.8, 4) is 5.75 Å². The van der Waals surface area contributed by atoms with Crippen molar-refractivity contribution in [2.45, 2.75) is 6.54 Å². The van der Waals surface area contributed by atoms with Crippen LogP contribution in [0.5, 0.6) is 5.75 Å². The maximum Gasteiger partial charge on any atom is 0.344 e. The van der Waals surface area contributed by atoms with Gasteiger partial charge in [0.25, 0.3) is 5.91 Å². The highest BCUT2D eigenvalue weighted by atomic mass is 19.1. The van der Waals surface area contributed by atoms with Crippen molar-refractivity contribution >= 4 is 16.7 Å². The van der Waals surface area contributed by atoms with E-state index in [1.54, 1.807) is 6.07 Å². The van der Waals surface area contributed by atoms with Gasteiger partial charge in [0, 0.05) is 12.1 Å². The average Bonchev–Trinajstić information content (AvgIpc) is 2.59. The van der Waals surface area contributed by atoms with E-state index in [0.717, 1.165) is 5.56 Å². The number of amides is 1. The number of ether oxygens (including phenoxy) is 1. The lowest BCUT2D eigenvalue weighted by molar-refractivity contribution is 0.0919. The van der Waals surface area contributed by atoms with E-state index in [9.17, 15) is 14.0 Å². The normalized spacial score (nSPS) is 10.6. The molecule has 0 aliphatic rings. The minimum atomic E-state index is -0.685. The van der Waals surface area contributed by atoms with Gasteiger partial charge in [0.15, 0.2) is 5.76 Å². The second-order valence-electron chi connectivity index (χ2n) is 5.12. The molecule has 1 amide bonds. The zero-order chi connectivity index (χ0) is 17.1. The van der Waals surface area contributed by atoms with E-state index < -0.39 is 17.3 Å². The number of rotatable bonds is 4. The first-order valence-electron chi connectivity index (χ1n) is 7.22. The number of hydrogen-bond acceptors (Lipinski definition) is 4. The molecule has 3 aromatic rings. The molecular formula is C18H14FNO4. The molecule has 0 atom stereocenters. The third kappa shape index (κ3) is 3.12. The van der Waals surface area contributed by atoms with Gasteiger partial charge in [-0.1, -0.05) is 18.2 Å². The van der Waals surface area contributed by atoms with Crippen molar-refractivity contribution in [3.63, 3.8) is 0 Å². The molecule has 0 fully saturated rings. The number of para-hydroxylation sites is 1. The van der Waals surface area contributed by atoms with Crippen LogP contribution in [0.15, 0.2) is 57.7 Å². The number of fused-ring (bicyclic) bond motifs is 1. The van der Waals surface area contributed by atoms with Crippen molar-refractivity contribution < 1.29 is 18.3 Å². The first-order valence-corrected chi connectivity index (χ1v) is 7.22. The first-order chi connectivity index (χ1) is 11.6. The lowest BCUT2D eigenvalue weighted by Gasteiger charge is -2.09. The smallest absolute Gasteiger partial charge is 0.344 e. The standard InChI is InChI=1S/C18H14FNO4/c1-23-15-5-3-2-4-11(15)10-20-17(21)16-9-12-8-13(19)6-7-14(12)18(22)24-16/h2-9H,10H2,1H3,(H,20,21). The van der Waals surface area contributed by atoms with Crippen LogP contribution < -0.4 is 15.7 Å². The predicted molar refractivity (Wildman–Crippen MR) is 86.6 cm³/mol. The van der Waals surface area contributed by atoms with Crippen LogP contribution in [0, 0.1) is 5.82 Å². The van der Waals surface area contributed by atoms with E-state index in [0.29, 0.717) is 11.1 Å². The Balaban J connectivity index is 1.85. The Bertz CT molecular complexity index is 965. The summed E-state index contributed by atoms with van der Waals surface area (Å²) in [6.45, 7) is 0.202. The van der Waals surface area contributed by atoms with Gasteiger partial charge in [-0.2, -0.15) is 0 Å². The molecule has 2 aromatic carbocycles. The van der Waals surface area contributed by atoms with Crippen LogP contribution in [-0.2, 0) is 6.54 Å². The van der Waals surface area contributed by atoms with Gasteiger partial charge in [-0.25, -0.2) is 9.18 Å². The predicted octanol–water partition coefficient (Wildman–Crippen LogP) is 2.87. The van der Waals surface area contributed by atoms with E-state index >= 15 is 0 Å². The van der Waals surface area contributed by atoms with E-state index in [-0.39, 0.29) is 17.7 Å². The summed E-state index contributed by atoms with van der Waals surface area (Å²) in [5.74, 6) is -0.592. The molecule has 0 radical (unpaired) electrons. The third-order valence-electron chi connectivity index (χ3n) is 3.58. The van der Waals surface area contributed by atoms with Crippen LogP contribution in [0.2, 0.25) is 0 Å². The molecule has 1 N–H and O–H groups in total. The summed E-state index contributed by atoms with van der Waals surface area (Å²) in [5.41, 5.74) is 0.0949. The summed E-state index contributed by atoms with van der Waals surface area (Å²) >= 11 is 0. The second kappa shape index (κ2) is 6.54. The topological polar surface area (TPSA) is 68.5 Å². The summed E-state index contributed by atoms with van der Waals surface area (Å²) in [6.07, 6.45) is 0. The van der Waals surface area contributed by atoms with Gasteiger partial charge in [0.2, 0.25) is 0 Å². The Morgan fingerprint density at radius 3 is 2.79 bits per heavy atom. The molecule has 1 heterocycles. The summed E-state index contributed by atoms with van der Waals surface area (Å²) in [7, 11) is 1.54. The van der Waals surface area contributed by atoms with Gasteiger partial charge in [-0.15, -0.1) is 0 Å². The highest BCUT2D eigenvalue weighted by Gasteiger charge is 2.13. The van der Waals surface area contributed by atoms with Gasteiger partial charge >= 0.3 is 5.63 Å². The van der Waals surface area contributed by atoms with Gasteiger partial charge in [0.1, 0.15) is 11.6 Å². The molecule has 5 nitrogen and oxygen atoms in total. The number of benzene rings is 2. The Morgan fingerprint density at radius 1 is 1.21 bits per heavy atom. The lowest BCUT2D eigenvalue weighted by atomic mass is 10.1. The fraction of sp³-hybridized carbons (Fsp3) is 0.111. The Labute approximate surface area is 136 Å². The monoisotopic (exact) mass is 327 g/mol. The number of nitrogens with one attached hydrogen (secondary N) is 1. The maximum absolute atomic E-state index is 13.3. The Morgan fingerprint density at radius 2 is 2.00 bits per heavy atom. The van der Waals surface area contributed by atoms with E-state index in [1.807, 2.05) is 18.2 Å². The number of carbonyl (C=O) groups is 1. The molecule has 0 unspecified atom stereocenters. The van der Waals surface area contributed by atoms with Gasteiger partial charge in [0.05, 0.1) is 12.5 Å². The minimum Gasteiger partial charge on any atom is -0.496 e. The maximum atomic E-state index is 13.3. The quantitative estimate of drug-likeness (QED) is 0.800. The van der Waals surface area contributed by atoms with E-state index in [1.165, 1.54) is 31.4 Å². The van der Waals surface area contributed by atoms with Crippen molar-refractivity contribution in [2.24, 2.45) is 0 Å². The summed E-state index contributed by atoms with van der Waals surface area (Å²) in [6, 6.07) is 12.3. The Hall–Kier alpha value is -3.15. The third-order valence-corrected chi connectivity index (χ3v) is 3.58. The lowest BCUT2D eigenvalue weighted by Crippen LogP contribution is -2.24. The number of carbonyl (C=O) groups excluding carboxylic acids is 1. The van der Waals surface area contributed by atoms with Crippen LogP contribution in [-0.4, -0.2) is 13.0 Å². The molecule has 3 rings (SSSR count). The molecule has 0 saturated heterocycles. The number of halogens is 1. The minimum absolute atomic E-state index is 0.173. The first kappa shape index (κ1) is 15.7.